The van der Waals surface area contributed by atoms with Gasteiger partial charge in [0, 0.05) is 0 Å². The number of carbonyl (C=O) groups excluding carboxylic acids is 1. The van der Waals surface area contributed by atoms with Gasteiger partial charge in [-0.1, -0.05) is 6.07 Å². The fourth-order valence-corrected chi connectivity index (χ4v) is 1.97. The van der Waals surface area contributed by atoms with Crippen molar-refractivity contribution >= 4 is 28.2 Å². The molecule has 0 saturated heterocycles. The van der Waals surface area contributed by atoms with Crippen molar-refractivity contribution in [1.82, 2.24) is 4.98 Å². The average Bonchev–Trinajstić information content (AvgIpc) is 2.77. The van der Waals surface area contributed by atoms with Crippen molar-refractivity contribution in [2.24, 2.45) is 0 Å². The minimum atomic E-state index is -1.07. The van der Waals surface area contributed by atoms with E-state index in [1.54, 1.807) is 0 Å². The van der Waals surface area contributed by atoms with E-state index >= 15 is 0 Å². The summed E-state index contributed by atoms with van der Waals surface area (Å²) in [4.78, 5) is 25.8. The first-order chi connectivity index (χ1) is 8.56. The Balaban J connectivity index is 2.13. The van der Waals surface area contributed by atoms with Gasteiger partial charge in [0.15, 0.2) is 0 Å². The number of anilines is 1. The molecule has 7 heteroatoms. The molecule has 2 N–H and O–H groups in total. The number of hydrogen-bond donors (Lipinski definition) is 2. The van der Waals surface area contributed by atoms with Crippen LogP contribution in [-0.4, -0.2) is 22.0 Å². The zero-order valence-corrected chi connectivity index (χ0v) is 9.70. The molecule has 1 amide bonds. The summed E-state index contributed by atoms with van der Waals surface area (Å²) in [7, 11) is 0. The molecule has 0 saturated carbocycles. The first-order valence-corrected chi connectivity index (χ1v) is 5.65. The summed E-state index contributed by atoms with van der Waals surface area (Å²) in [6, 6.07) is 6.70. The van der Waals surface area contributed by atoms with E-state index in [-0.39, 0.29) is 10.6 Å². The third kappa shape index (κ3) is 2.69. The largest absolute Gasteiger partial charge is 0.477 e. The number of carboxylic acid groups (broad SMARTS) is 1. The Morgan fingerprint density at radius 2 is 2.06 bits per heavy atom. The fourth-order valence-electron chi connectivity index (χ4n) is 1.23. The molecule has 2 aromatic rings. The first-order valence-electron chi connectivity index (χ1n) is 4.83. The van der Waals surface area contributed by atoms with Crippen LogP contribution in [0, 0.1) is 5.95 Å². The van der Waals surface area contributed by atoms with E-state index in [9.17, 15) is 14.0 Å². The van der Waals surface area contributed by atoms with Crippen LogP contribution >= 0.6 is 11.3 Å². The normalized spacial score (nSPS) is 10.1. The van der Waals surface area contributed by atoms with E-state index in [4.69, 9.17) is 5.11 Å². The van der Waals surface area contributed by atoms with E-state index in [1.807, 2.05) is 0 Å². The molecule has 18 heavy (non-hydrogen) atoms. The Kier molecular flexibility index (Phi) is 3.33. The predicted molar refractivity (Wildman–Crippen MR) is 63.4 cm³/mol. The predicted octanol–water partition coefficient (Wildman–Crippen LogP) is 2.23. The summed E-state index contributed by atoms with van der Waals surface area (Å²) >= 11 is 0.915. The smallest absolute Gasteiger partial charge is 0.345 e. The molecule has 0 aliphatic carbocycles. The lowest BCUT2D eigenvalue weighted by Crippen LogP contribution is -2.13. The molecule has 0 aliphatic rings. The number of thiophene rings is 1. The lowest BCUT2D eigenvalue weighted by Gasteiger charge is -2.01. The van der Waals surface area contributed by atoms with Crippen LogP contribution in [0.3, 0.4) is 0 Å². The SMILES string of the molecule is O=C(Nc1ccc(C(=O)O)s1)c1cccc(F)n1. The van der Waals surface area contributed by atoms with Gasteiger partial charge in [-0.05, 0) is 24.3 Å². The number of hydrogen-bond acceptors (Lipinski definition) is 4. The minimum Gasteiger partial charge on any atom is -0.477 e. The number of nitrogens with zero attached hydrogens (tertiary/aromatic N) is 1. The fraction of sp³-hybridized carbons (Fsp3) is 0. The Morgan fingerprint density at radius 3 is 2.67 bits per heavy atom. The highest BCUT2D eigenvalue weighted by Crippen LogP contribution is 2.22. The molecule has 2 aromatic heterocycles. The second-order valence-corrected chi connectivity index (χ2v) is 4.35. The molecule has 0 fully saturated rings. The molecular formula is C11H7FN2O3S. The van der Waals surface area contributed by atoms with E-state index in [2.05, 4.69) is 10.3 Å². The monoisotopic (exact) mass is 266 g/mol. The highest BCUT2D eigenvalue weighted by molar-refractivity contribution is 7.18. The Morgan fingerprint density at radius 1 is 1.28 bits per heavy atom. The van der Waals surface area contributed by atoms with Crippen LogP contribution in [-0.2, 0) is 0 Å². The molecule has 0 radical (unpaired) electrons. The number of rotatable bonds is 3. The van der Waals surface area contributed by atoms with Gasteiger partial charge in [0.05, 0.1) is 5.00 Å². The second kappa shape index (κ2) is 4.92. The maximum Gasteiger partial charge on any atom is 0.345 e. The number of aromatic nitrogens is 1. The van der Waals surface area contributed by atoms with Crippen molar-refractivity contribution in [3.05, 3.63) is 46.9 Å². The van der Waals surface area contributed by atoms with E-state index in [1.165, 1.54) is 24.3 Å². The number of nitrogens with one attached hydrogen (secondary N) is 1. The quantitative estimate of drug-likeness (QED) is 0.835. The van der Waals surface area contributed by atoms with Crippen molar-refractivity contribution < 1.29 is 19.1 Å². The van der Waals surface area contributed by atoms with Gasteiger partial charge in [-0.3, -0.25) is 4.79 Å². The first kappa shape index (κ1) is 12.2. The van der Waals surface area contributed by atoms with Crippen LogP contribution in [0.1, 0.15) is 20.2 Å². The van der Waals surface area contributed by atoms with E-state index in [0.29, 0.717) is 5.00 Å². The van der Waals surface area contributed by atoms with Gasteiger partial charge in [0.25, 0.3) is 5.91 Å². The summed E-state index contributed by atoms with van der Waals surface area (Å²) in [5.74, 6) is -2.40. The lowest BCUT2D eigenvalue weighted by atomic mass is 10.3. The van der Waals surface area contributed by atoms with E-state index < -0.39 is 17.8 Å². The molecule has 2 heterocycles. The van der Waals surface area contributed by atoms with Gasteiger partial charge >= 0.3 is 5.97 Å². The van der Waals surface area contributed by atoms with Crippen LogP contribution in [0.4, 0.5) is 9.39 Å². The highest BCUT2D eigenvalue weighted by atomic mass is 32.1. The van der Waals surface area contributed by atoms with Crippen LogP contribution in [0.5, 0.6) is 0 Å². The van der Waals surface area contributed by atoms with Crippen LogP contribution < -0.4 is 5.32 Å². The van der Waals surface area contributed by atoms with Gasteiger partial charge in [-0.15, -0.1) is 11.3 Å². The van der Waals surface area contributed by atoms with Crippen molar-refractivity contribution in [3.63, 3.8) is 0 Å². The maximum absolute atomic E-state index is 12.8. The van der Waals surface area contributed by atoms with Crippen molar-refractivity contribution in [2.75, 3.05) is 5.32 Å². The number of carbonyl (C=O) groups is 2. The van der Waals surface area contributed by atoms with E-state index in [0.717, 1.165) is 17.4 Å². The van der Waals surface area contributed by atoms with Crippen molar-refractivity contribution in [3.8, 4) is 0 Å². The minimum absolute atomic E-state index is 0.0692. The van der Waals surface area contributed by atoms with Gasteiger partial charge in [0.1, 0.15) is 10.6 Å². The summed E-state index contributed by atoms with van der Waals surface area (Å²) in [6.45, 7) is 0. The zero-order chi connectivity index (χ0) is 13.1. The van der Waals surface area contributed by atoms with Gasteiger partial charge in [-0.2, -0.15) is 4.39 Å². The van der Waals surface area contributed by atoms with Crippen LogP contribution in [0.15, 0.2) is 30.3 Å². The molecule has 0 atom stereocenters. The third-order valence-corrected chi connectivity index (χ3v) is 2.99. The third-order valence-electron chi connectivity index (χ3n) is 2.00. The summed E-state index contributed by atoms with van der Waals surface area (Å²) in [5.41, 5.74) is -0.0692. The Hall–Kier alpha value is -2.28. The molecule has 0 bridgehead atoms. The molecule has 0 aromatic carbocycles. The van der Waals surface area contributed by atoms with Gasteiger partial charge < -0.3 is 10.4 Å². The Bertz CT molecular complexity index is 612. The molecule has 0 spiro atoms. The van der Waals surface area contributed by atoms with Crippen LogP contribution in [0.2, 0.25) is 0 Å². The number of carboxylic acids is 1. The number of aromatic carboxylic acids is 1. The molecule has 92 valence electrons. The second-order valence-electron chi connectivity index (χ2n) is 3.27. The molecule has 0 aliphatic heterocycles. The molecule has 0 unspecified atom stereocenters. The Labute approximate surface area is 105 Å². The average molecular weight is 266 g/mol. The topological polar surface area (TPSA) is 79.3 Å². The number of amides is 1. The van der Waals surface area contributed by atoms with Gasteiger partial charge in [0.2, 0.25) is 5.95 Å². The van der Waals surface area contributed by atoms with Crippen molar-refractivity contribution in [1.29, 1.82) is 0 Å². The van der Waals surface area contributed by atoms with Crippen molar-refractivity contribution in [2.45, 2.75) is 0 Å². The molecular weight excluding hydrogens is 259 g/mol. The summed E-state index contributed by atoms with van der Waals surface area (Å²) < 4.78 is 12.8. The summed E-state index contributed by atoms with van der Waals surface area (Å²) in [5, 5.41) is 11.5. The zero-order valence-electron chi connectivity index (χ0n) is 8.88. The highest BCUT2D eigenvalue weighted by Gasteiger charge is 2.12. The maximum atomic E-state index is 12.8. The lowest BCUT2D eigenvalue weighted by molar-refractivity contribution is 0.0702. The van der Waals surface area contributed by atoms with Gasteiger partial charge in [-0.25, -0.2) is 9.78 Å². The standard InChI is InChI=1S/C11H7FN2O3S/c12-8-3-1-2-6(13-8)10(15)14-9-5-4-7(18-9)11(16)17/h1-5H,(H,14,15)(H,16,17). The summed E-state index contributed by atoms with van der Waals surface area (Å²) in [6.07, 6.45) is 0. The molecule has 2 rings (SSSR count). The molecule has 5 nitrogen and oxygen atoms in total. The number of halogens is 1. The van der Waals surface area contributed by atoms with Crippen LogP contribution in [0.25, 0.3) is 0 Å². The number of pyridine rings is 1.